The van der Waals surface area contributed by atoms with Crippen LogP contribution in [0, 0.1) is 10.1 Å². The third-order valence-electron chi connectivity index (χ3n) is 1.60. The minimum Gasteiger partial charge on any atom is -0.872 e. The van der Waals surface area contributed by atoms with E-state index in [1.807, 2.05) is 0 Å². The molecule has 0 saturated carbocycles. The Hall–Kier alpha value is -0.889. The zero-order valence-electron chi connectivity index (χ0n) is 7.98. The number of hydrogen-bond donors (Lipinski definition) is 0. The van der Waals surface area contributed by atoms with Crippen molar-refractivity contribution in [2.45, 2.75) is 0 Å². The Labute approximate surface area is 128 Å². The van der Waals surface area contributed by atoms with Gasteiger partial charge in [0.1, 0.15) is 0 Å². The van der Waals surface area contributed by atoms with Crippen LogP contribution in [0.2, 0.25) is 0 Å². The molecule has 1 aromatic carbocycles. The third kappa shape index (κ3) is 5.83. The van der Waals surface area contributed by atoms with Gasteiger partial charge in [0.25, 0.3) is 5.69 Å². The van der Waals surface area contributed by atoms with Crippen LogP contribution < -0.4 is 10.2 Å². The van der Waals surface area contributed by atoms with E-state index in [1.165, 1.54) is 0 Å². The summed E-state index contributed by atoms with van der Waals surface area (Å²) in [6.45, 7) is 0. The van der Waals surface area contributed by atoms with E-state index in [0.29, 0.717) is 6.08 Å². The average Bonchev–Trinajstić information content (AvgIpc) is 2.16. The van der Waals surface area contributed by atoms with Crippen LogP contribution >= 0.6 is 0 Å². The molecule has 17 heavy (non-hydrogen) atoms. The maximum atomic E-state index is 11.1. The van der Waals surface area contributed by atoms with Gasteiger partial charge in [-0.3, -0.25) is 10.1 Å². The zero-order valence-corrected chi connectivity index (χ0v) is 10.9. The summed E-state index contributed by atoms with van der Waals surface area (Å²) in [6, 6.07) is 3.06. The average molecular weight is 423 g/mol. The number of aliphatic carboxylic acids is 1. The van der Waals surface area contributed by atoms with Gasteiger partial charge in [-0.1, -0.05) is 12.1 Å². The van der Waals surface area contributed by atoms with Gasteiger partial charge < -0.3 is 15.0 Å². The summed E-state index contributed by atoms with van der Waals surface area (Å²) < 4.78 is 0. The van der Waals surface area contributed by atoms with Crippen LogP contribution in [-0.4, -0.2) is 10.9 Å². The fraction of sp³-hybridized carbons (Fsp3) is 0. The molecule has 6 nitrogen and oxygen atoms in total. The predicted octanol–water partition coefficient (Wildman–Crippen LogP) is -0.574. The van der Waals surface area contributed by atoms with Crippen molar-refractivity contribution in [3.8, 4) is 5.75 Å². The van der Waals surface area contributed by atoms with Gasteiger partial charge in [0, 0.05) is 12.1 Å². The SMILES string of the molecule is O=C([O-])C=Cc1cc([N+](=O)[O-])ccc1[O-].[Ag+].[Ag+]. The summed E-state index contributed by atoms with van der Waals surface area (Å²) in [4.78, 5) is 19.8. The monoisotopic (exact) mass is 421 g/mol. The molecule has 0 aliphatic carbocycles. The summed E-state index contributed by atoms with van der Waals surface area (Å²) in [5, 5.41) is 31.5. The molecule has 0 atom stereocenters. The third-order valence-corrected chi connectivity index (χ3v) is 1.60. The Morgan fingerprint density at radius 2 is 1.88 bits per heavy atom. The van der Waals surface area contributed by atoms with Crippen molar-refractivity contribution < 1.29 is 64.7 Å². The van der Waals surface area contributed by atoms with E-state index in [2.05, 4.69) is 0 Å². The van der Waals surface area contributed by atoms with Crippen molar-refractivity contribution >= 4 is 17.7 Å². The van der Waals surface area contributed by atoms with Crippen LogP contribution in [0.15, 0.2) is 24.3 Å². The first-order chi connectivity index (χ1) is 7.00. The van der Waals surface area contributed by atoms with Crippen LogP contribution in [0.3, 0.4) is 0 Å². The molecule has 0 radical (unpaired) electrons. The summed E-state index contributed by atoms with van der Waals surface area (Å²) >= 11 is 0. The number of nitro benzene ring substituents is 1. The molecule has 0 N–H and O–H groups in total. The summed E-state index contributed by atoms with van der Waals surface area (Å²) in [7, 11) is 0. The molecule has 8 heteroatoms. The summed E-state index contributed by atoms with van der Waals surface area (Å²) in [6.07, 6.45) is 1.60. The van der Waals surface area contributed by atoms with Gasteiger partial charge in [0.15, 0.2) is 0 Å². The first kappa shape index (κ1) is 18.5. The van der Waals surface area contributed by atoms with Gasteiger partial charge in [0.2, 0.25) is 0 Å². The van der Waals surface area contributed by atoms with Gasteiger partial charge in [-0.25, -0.2) is 0 Å². The Morgan fingerprint density at radius 3 is 2.35 bits per heavy atom. The molecule has 0 saturated heterocycles. The molecule has 1 aromatic rings. The van der Waals surface area contributed by atoms with E-state index in [1.54, 1.807) is 0 Å². The summed E-state index contributed by atoms with van der Waals surface area (Å²) in [5.74, 6) is -1.96. The molecule has 0 aromatic heterocycles. The van der Waals surface area contributed by atoms with E-state index < -0.39 is 16.6 Å². The van der Waals surface area contributed by atoms with Crippen molar-refractivity contribution in [2.24, 2.45) is 0 Å². The van der Waals surface area contributed by atoms with Gasteiger partial charge in [-0.2, -0.15) is 0 Å². The second-order valence-electron chi connectivity index (χ2n) is 2.63. The normalized spacial score (nSPS) is 9.18. The fourth-order valence-electron chi connectivity index (χ4n) is 0.937. The van der Waals surface area contributed by atoms with Crippen molar-refractivity contribution in [2.75, 3.05) is 0 Å². The Balaban J connectivity index is 0. The Kier molecular flexibility index (Phi) is 8.95. The molecular weight excluding hydrogens is 418 g/mol. The van der Waals surface area contributed by atoms with E-state index in [4.69, 9.17) is 0 Å². The molecule has 0 fully saturated rings. The van der Waals surface area contributed by atoms with Crippen molar-refractivity contribution in [3.05, 3.63) is 40.0 Å². The second-order valence-corrected chi connectivity index (χ2v) is 2.63. The number of carbonyl (C=O) groups is 1. The molecule has 98 valence electrons. The van der Waals surface area contributed by atoms with Gasteiger partial charge in [-0.15, -0.1) is 5.75 Å². The molecule has 0 amide bonds. The zero-order chi connectivity index (χ0) is 11.4. The second kappa shape index (κ2) is 8.24. The first-order valence-corrected chi connectivity index (χ1v) is 3.85. The smallest absolute Gasteiger partial charge is 0.872 e. The Morgan fingerprint density at radius 1 is 1.29 bits per heavy atom. The first-order valence-electron chi connectivity index (χ1n) is 3.85. The van der Waals surface area contributed by atoms with Crippen molar-refractivity contribution in [1.82, 2.24) is 0 Å². The predicted molar refractivity (Wildman–Crippen MR) is 46.6 cm³/mol. The quantitative estimate of drug-likeness (QED) is 0.280. The number of carboxylic acid groups (broad SMARTS) is 1. The molecule has 0 bridgehead atoms. The fourth-order valence-corrected chi connectivity index (χ4v) is 0.937. The van der Waals surface area contributed by atoms with E-state index in [9.17, 15) is 25.1 Å². The standard InChI is InChI=1S/C9H7NO5.2Ag/c11-8-3-2-7(10(14)15)5-6(8)1-4-9(12)13;;/h1-5,11H,(H,12,13);;/q;2*+1/p-2. The van der Waals surface area contributed by atoms with E-state index in [0.717, 1.165) is 24.3 Å². The van der Waals surface area contributed by atoms with E-state index >= 15 is 0 Å². The molecule has 1 rings (SSSR count). The molecule has 0 aliphatic heterocycles. The molecule has 0 unspecified atom stereocenters. The molecule has 0 spiro atoms. The number of carbonyl (C=O) groups excluding carboxylic acids is 1. The van der Waals surface area contributed by atoms with Gasteiger partial charge in [0.05, 0.1) is 10.9 Å². The minimum atomic E-state index is -1.47. The summed E-state index contributed by atoms with van der Waals surface area (Å²) in [5.41, 5.74) is -0.332. The topological polar surface area (TPSA) is 106 Å². The number of hydrogen-bond acceptors (Lipinski definition) is 5. The molecule has 0 aliphatic rings. The van der Waals surface area contributed by atoms with Crippen LogP contribution in [-0.2, 0) is 49.6 Å². The largest absolute Gasteiger partial charge is 1.00 e. The maximum Gasteiger partial charge on any atom is 1.00 e. The Bertz CT molecular complexity index is 447. The molecule has 0 heterocycles. The number of non-ortho nitro benzene ring substituents is 1. The van der Waals surface area contributed by atoms with E-state index in [-0.39, 0.29) is 56.0 Å². The van der Waals surface area contributed by atoms with Crippen molar-refractivity contribution in [1.29, 1.82) is 0 Å². The number of rotatable bonds is 3. The van der Waals surface area contributed by atoms with Gasteiger partial charge in [-0.05, 0) is 11.6 Å². The maximum absolute atomic E-state index is 11.1. The van der Waals surface area contributed by atoms with Gasteiger partial charge >= 0.3 is 44.8 Å². The van der Waals surface area contributed by atoms with Crippen LogP contribution in [0.4, 0.5) is 5.69 Å². The number of nitro groups is 1. The van der Waals surface area contributed by atoms with Crippen molar-refractivity contribution in [3.63, 3.8) is 0 Å². The number of nitrogens with zero attached hydrogens (tertiary/aromatic N) is 1. The van der Waals surface area contributed by atoms with Crippen LogP contribution in [0.1, 0.15) is 5.56 Å². The van der Waals surface area contributed by atoms with Crippen LogP contribution in [0.25, 0.3) is 6.08 Å². The molecular formula is C9H5Ag2NO5. The number of benzene rings is 1. The number of carboxylic acids is 1. The van der Waals surface area contributed by atoms with Crippen LogP contribution in [0.5, 0.6) is 5.75 Å². The minimum absolute atomic E-state index is 0.